The molecule has 0 amide bonds. The molecule has 0 radical (unpaired) electrons. The molecule has 0 aliphatic carbocycles. The predicted octanol–water partition coefficient (Wildman–Crippen LogP) is 2.90. The van der Waals surface area contributed by atoms with Gasteiger partial charge in [0.2, 0.25) is 10.0 Å². The molecule has 8 heteroatoms. The lowest BCUT2D eigenvalue weighted by Gasteiger charge is -2.17. The van der Waals surface area contributed by atoms with Gasteiger partial charge in [-0.1, -0.05) is 35.5 Å². The molecule has 4 rings (SSSR count). The topological polar surface area (TPSA) is 77.3 Å². The summed E-state index contributed by atoms with van der Waals surface area (Å²) in [5, 5.41) is 8.47. The summed E-state index contributed by atoms with van der Waals surface area (Å²) >= 11 is 0. The van der Waals surface area contributed by atoms with Crippen LogP contribution in [-0.2, 0) is 10.0 Å². The van der Waals surface area contributed by atoms with Crippen molar-refractivity contribution in [2.24, 2.45) is 0 Å². The van der Waals surface area contributed by atoms with Gasteiger partial charge in [-0.25, -0.2) is 13.1 Å². The van der Waals surface area contributed by atoms with E-state index in [2.05, 4.69) is 10.3 Å². The smallest absolute Gasteiger partial charge is 0.243 e. The first-order chi connectivity index (χ1) is 13.5. The van der Waals surface area contributed by atoms with Crippen molar-refractivity contribution in [3.8, 4) is 17.0 Å². The maximum Gasteiger partial charge on any atom is 0.243 e. The minimum atomic E-state index is -3.56. The minimum Gasteiger partial charge on any atom is -0.496 e. The fourth-order valence-electron chi connectivity index (χ4n) is 3.50. The Morgan fingerprint density at radius 2 is 1.93 bits per heavy atom. The average Bonchev–Trinajstić information content (AvgIpc) is 3.38. The maximum atomic E-state index is 13.0. The molecule has 1 saturated heterocycles. The highest BCUT2D eigenvalue weighted by Crippen LogP contribution is 2.30. The van der Waals surface area contributed by atoms with Crippen LogP contribution in [0.5, 0.6) is 5.75 Å². The molecule has 28 heavy (non-hydrogen) atoms. The molecule has 2 aromatic carbocycles. The van der Waals surface area contributed by atoms with E-state index in [9.17, 15) is 8.42 Å². The van der Waals surface area contributed by atoms with Gasteiger partial charge in [-0.2, -0.15) is 4.31 Å². The molecule has 146 valence electrons. The van der Waals surface area contributed by atoms with Crippen LogP contribution in [-0.4, -0.2) is 47.9 Å². The molecule has 1 atom stereocenters. The van der Waals surface area contributed by atoms with Gasteiger partial charge in [-0.15, -0.1) is 5.10 Å². The van der Waals surface area contributed by atoms with Crippen molar-refractivity contribution in [1.82, 2.24) is 19.3 Å². The summed E-state index contributed by atoms with van der Waals surface area (Å²) in [6.07, 6.45) is 2.58. The van der Waals surface area contributed by atoms with Crippen LogP contribution in [0.3, 0.4) is 0 Å². The van der Waals surface area contributed by atoms with Crippen LogP contribution in [0.2, 0.25) is 0 Å². The number of hydrogen-bond donors (Lipinski definition) is 0. The lowest BCUT2D eigenvalue weighted by molar-refractivity contribution is 0.410. The third-order valence-electron chi connectivity index (χ3n) is 5.08. The number of benzene rings is 2. The Kier molecular flexibility index (Phi) is 4.91. The van der Waals surface area contributed by atoms with E-state index < -0.39 is 10.0 Å². The monoisotopic (exact) mass is 398 g/mol. The maximum absolute atomic E-state index is 13.0. The number of rotatable bonds is 5. The Bertz CT molecular complexity index is 1080. The summed E-state index contributed by atoms with van der Waals surface area (Å²) in [5.74, 6) is 0.675. The predicted molar refractivity (Wildman–Crippen MR) is 106 cm³/mol. The minimum absolute atomic E-state index is 0.0286. The van der Waals surface area contributed by atoms with Crippen molar-refractivity contribution in [1.29, 1.82) is 0 Å². The highest BCUT2D eigenvalue weighted by Gasteiger charge is 2.34. The van der Waals surface area contributed by atoms with Crippen molar-refractivity contribution >= 4 is 10.0 Å². The first-order valence-corrected chi connectivity index (χ1v) is 10.5. The Balaban J connectivity index is 1.52. The third-order valence-corrected chi connectivity index (χ3v) is 6.95. The van der Waals surface area contributed by atoms with E-state index >= 15 is 0 Å². The van der Waals surface area contributed by atoms with Crippen molar-refractivity contribution in [2.45, 2.75) is 24.3 Å². The molecule has 1 aliphatic rings. The summed E-state index contributed by atoms with van der Waals surface area (Å²) in [5.41, 5.74) is 2.57. The highest BCUT2D eigenvalue weighted by molar-refractivity contribution is 7.89. The zero-order chi connectivity index (χ0) is 19.7. The van der Waals surface area contributed by atoms with Gasteiger partial charge in [0.25, 0.3) is 0 Å². The lowest BCUT2D eigenvalue weighted by atomic mass is 10.2. The SMILES string of the molecule is COc1ccc(S(=O)(=O)N2CCC(n3cc(-c4ccccc4)nn3)C2)cc1C. The van der Waals surface area contributed by atoms with Crippen LogP contribution < -0.4 is 4.74 Å². The fourth-order valence-corrected chi connectivity index (χ4v) is 5.08. The molecule has 1 fully saturated rings. The van der Waals surface area contributed by atoms with E-state index in [0.29, 0.717) is 25.3 Å². The average molecular weight is 398 g/mol. The number of nitrogens with zero attached hydrogens (tertiary/aromatic N) is 4. The Morgan fingerprint density at radius 3 is 2.64 bits per heavy atom. The molecule has 0 N–H and O–H groups in total. The van der Waals surface area contributed by atoms with Crippen LogP contribution in [0.1, 0.15) is 18.0 Å². The lowest BCUT2D eigenvalue weighted by Crippen LogP contribution is -2.29. The molecule has 2 heterocycles. The van der Waals surface area contributed by atoms with Crippen LogP contribution in [0, 0.1) is 6.92 Å². The molecule has 1 aliphatic heterocycles. The van der Waals surface area contributed by atoms with E-state index in [1.165, 1.54) is 4.31 Å². The van der Waals surface area contributed by atoms with Crippen LogP contribution in [0.15, 0.2) is 59.6 Å². The van der Waals surface area contributed by atoms with Gasteiger partial charge >= 0.3 is 0 Å². The van der Waals surface area contributed by atoms with E-state index in [0.717, 1.165) is 16.8 Å². The van der Waals surface area contributed by atoms with Crippen LogP contribution >= 0.6 is 0 Å². The second kappa shape index (κ2) is 7.37. The highest BCUT2D eigenvalue weighted by atomic mass is 32.2. The van der Waals surface area contributed by atoms with Crippen molar-refractivity contribution in [2.75, 3.05) is 20.2 Å². The largest absolute Gasteiger partial charge is 0.496 e. The Labute approximate surface area is 164 Å². The molecule has 3 aromatic rings. The summed E-state index contributed by atoms with van der Waals surface area (Å²) in [4.78, 5) is 0.287. The molecule has 0 saturated carbocycles. The van der Waals surface area contributed by atoms with E-state index in [4.69, 9.17) is 4.74 Å². The third kappa shape index (κ3) is 3.41. The van der Waals surface area contributed by atoms with Crippen LogP contribution in [0.25, 0.3) is 11.3 Å². The number of aryl methyl sites for hydroxylation is 1. The molecule has 0 bridgehead atoms. The number of aromatic nitrogens is 3. The van der Waals surface area contributed by atoms with Gasteiger partial charge < -0.3 is 4.74 Å². The van der Waals surface area contributed by atoms with Crippen molar-refractivity contribution < 1.29 is 13.2 Å². The zero-order valence-electron chi connectivity index (χ0n) is 15.8. The first kappa shape index (κ1) is 18.6. The van der Waals surface area contributed by atoms with Gasteiger partial charge in [-0.3, -0.25) is 0 Å². The molecule has 7 nitrogen and oxygen atoms in total. The van der Waals surface area contributed by atoms with Crippen molar-refractivity contribution in [3.63, 3.8) is 0 Å². The second-order valence-corrected chi connectivity index (χ2v) is 8.82. The van der Waals surface area contributed by atoms with Gasteiger partial charge in [0.05, 0.1) is 24.2 Å². The zero-order valence-corrected chi connectivity index (χ0v) is 16.6. The van der Waals surface area contributed by atoms with Crippen molar-refractivity contribution in [3.05, 3.63) is 60.3 Å². The molecular formula is C20H22N4O3S. The standard InChI is InChI=1S/C20H22N4O3S/c1-15-12-18(8-9-20(15)27-2)28(25,26)23-11-10-17(13-23)24-14-19(21-22-24)16-6-4-3-5-7-16/h3-9,12,14,17H,10-11,13H2,1-2H3. The van der Waals surface area contributed by atoms with Gasteiger partial charge in [-0.05, 0) is 37.1 Å². The quantitative estimate of drug-likeness (QED) is 0.660. The van der Waals surface area contributed by atoms with E-state index in [1.807, 2.05) is 43.5 Å². The number of methoxy groups -OCH3 is 1. The number of sulfonamides is 1. The van der Waals surface area contributed by atoms with Gasteiger partial charge in [0, 0.05) is 18.7 Å². The number of hydrogen-bond acceptors (Lipinski definition) is 5. The fraction of sp³-hybridized carbons (Fsp3) is 0.300. The normalized spacial score (nSPS) is 17.7. The van der Waals surface area contributed by atoms with Crippen LogP contribution in [0.4, 0.5) is 0 Å². The Morgan fingerprint density at radius 1 is 1.14 bits per heavy atom. The van der Waals surface area contributed by atoms with E-state index in [-0.39, 0.29) is 10.9 Å². The summed E-state index contributed by atoms with van der Waals surface area (Å²) in [6.45, 7) is 2.68. The van der Waals surface area contributed by atoms with Gasteiger partial charge in [0.1, 0.15) is 11.4 Å². The molecule has 0 spiro atoms. The molecular weight excluding hydrogens is 376 g/mol. The van der Waals surface area contributed by atoms with E-state index in [1.54, 1.807) is 30.0 Å². The summed E-state index contributed by atoms with van der Waals surface area (Å²) in [6, 6.07) is 14.7. The Hall–Kier alpha value is -2.71. The summed E-state index contributed by atoms with van der Waals surface area (Å²) < 4.78 is 34.6. The summed E-state index contributed by atoms with van der Waals surface area (Å²) in [7, 11) is -1.98. The first-order valence-electron chi connectivity index (χ1n) is 9.11. The number of ether oxygens (including phenoxy) is 1. The second-order valence-electron chi connectivity index (χ2n) is 6.89. The van der Waals surface area contributed by atoms with Gasteiger partial charge in [0.15, 0.2) is 0 Å². The molecule has 1 unspecified atom stereocenters. The molecule has 1 aromatic heterocycles.